The molecule has 0 saturated carbocycles. The van der Waals surface area contributed by atoms with Crippen LogP contribution in [0.3, 0.4) is 0 Å². The molecule has 0 bridgehead atoms. The Hall–Kier alpha value is -1.44. The first kappa shape index (κ1) is 19.3. The molecule has 1 aromatic heterocycles. The Morgan fingerprint density at radius 3 is 2.73 bits per heavy atom. The van der Waals surface area contributed by atoms with Crippen LogP contribution in [-0.2, 0) is 11.9 Å². The van der Waals surface area contributed by atoms with Gasteiger partial charge in [-0.25, -0.2) is 4.98 Å². The van der Waals surface area contributed by atoms with E-state index >= 15 is 0 Å². The zero-order valence-electron chi connectivity index (χ0n) is 14.2. The predicted molar refractivity (Wildman–Crippen MR) is 99.9 cm³/mol. The molecule has 1 aromatic carbocycles. The minimum Gasteiger partial charge on any atom is -0.354 e. The molecule has 2 aromatic rings. The molecule has 0 unspecified atom stereocenters. The molecular formula is C18H19ClF3N3S. The molecule has 3 nitrogen and oxygen atoms in total. The fraction of sp³-hybridized carbons (Fsp3) is 0.389. The van der Waals surface area contributed by atoms with Crippen molar-refractivity contribution in [1.29, 1.82) is 0 Å². The highest BCUT2D eigenvalue weighted by Crippen LogP contribution is 2.38. The lowest BCUT2D eigenvalue weighted by Gasteiger charge is -2.33. The minimum atomic E-state index is -4.44. The summed E-state index contributed by atoms with van der Waals surface area (Å²) in [6.07, 6.45) is -4.44. The number of rotatable bonds is 4. The van der Waals surface area contributed by atoms with Crippen molar-refractivity contribution in [1.82, 2.24) is 10.3 Å². The highest BCUT2D eigenvalue weighted by Gasteiger charge is 2.35. The minimum absolute atomic E-state index is 0.0129. The van der Waals surface area contributed by atoms with E-state index in [0.717, 1.165) is 36.5 Å². The molecule has 0 spiro atoms. The number of anilines is 1. The van der Waals surface area contributed by atoms with Crippen LogP contribution < -0.4 is 10.2 Å². The number of hydrogen-bond donors (Lipinski definition) is 1. The number of piperazine rings is 1. The number of pyridine rings is 1. The van der Waals surface area contributed by atoms with Gasteiger partial charge in [0.05, 0.1) is 5.56 Å². The fourth-order valence-corrected chi connectivity index (χ4v) is 4.16. The Labute approximate surface area is 159 Å². The van der Waals surface area contributed by atoms with Gasteiger partial charge in [-0.15, -0.1) is 11.8 Å². The van der Waals surface area contributed by atoms with Gasteiger partial charge >= 0.3 is 6.18 Å². The van der Waals surface area contributed by atoms with E-state index in [-0.39, 0.29) is 11.1 Å². The van der Waals surface area contributed by atoms with Gasteiger partial charge in [-0.1, -0.05) is 29.8 Å². The average Bonchev–Trinajstić information content (AvgIpc) is 2.60. The molecule has 8 heteroatoms. The largest absolute Gasteiger partial charge is 0.419 e. The molecule has 1 fully saturated rings. The average molecular weight is 402 g/mol. The summed E-state index contributed by atoms with van der Waals surface area (Å²) in [6, 6.07) is 10.0. The van der Waals surface area contributed by atoms with Gasteiger partial charge in [-0.05, 0) is 30.7 Å². The van der Waals surface area contributed by atoms with Gasteiger partial charge in [0.2, 0.25) is 0 Å². The SMILES string of the molecule is C[C@@H]1CN(c2ccc(C(F)(F)F)c(SCc3ccccc3Cl)n2)CCN1. The highest BCUT2D eigenvalue weighted by molar-refractivity contribution is 7.98. The predicted octanol–water partition coefficient (Wildman–Crippen LogP) is 4.84. The van der Waals surface area contributed by atoms with Gasteiger partial charge in [0.25, 0.3) is 0 Å². The van der Waals surface area contributed by atoms with Crippen LogP contribution in [0.15, 0.2) is 41.4 Å². The monoisotopic (exact) mass is 401 g/mol. The quantitative estimate of drug-likeness (QED) is 0.742. The van der Waals surface area contributed by atoms with Crippen molar-refractivity contribution in [2.24, 2.45) is 0 Å². The fourth-order valence-electron chi connectivity index (χ4n) is 2.83. The molecule has 0 radical (unpaired) electrons. The molecule has 1 saturated heterocycles. The molecule has 1 aliphatic rings. The second kappa shape index (κ2) is 8.06. The first-order valence-electron chi connectivity index (χ1n) is 8.27. The number of aromatic nitrogens is 1. The zero-order valence-corrected chi connectivity index (χ0v) is 15.8. The van der Waals surface area contributed by atoms with Crippen molar-refractivity contribution >= 4 is 29.2 Å². The Morgan fingerprint density at radius 2 is 2.04 bits per heavy atom. The number of halogens is 4. The van der Waals surface area contributed by atoms with Crippen molar-refractivity contribution in [3.05, 3.63) is 52.5 Å². The Morgan fingerprint density at radius 1 is 1.27 bits per heavy atom. The number of nitrogens with zero attached hydrogens (tertiary/aromatic N) is 2. The van der Waals surface area contributed by atoms with E-state index in [0.29, 0.717) is 23.1 Å². The summed E-state index contributed by atoms with van der Waals surface area (Å²) in [5, 5.41) is 3.84. The van der Waals surface area contributed by atoms with Gasteiger partial charge < -0.3 is 10.2 Å². The van der Waals surface area contributed by atoms with E-state index in [2.05, 4.69) is 10.3 Å². The maximum Gasteiger partial charge on any atom is 0.419 e. The summed E-state index contributed by atoms with van der Waals surface area (Å²) in [6.45, 7) is 4.26. The molecule has 1 N–H and O–H groups in total. The lowest BCUT2D eigenvalue weighted by atomic mass is 10.2. The maximum atomic E-state index is 13.4. The van der Waals surface area contributed by atoms with Crippen molar-refractivity contribution in [2.45, 2.75) is 29.9 Å². The number of hydrogen-bond acceptors (Lipinski definition) is 4. The molecule has 0 amide bonds. The summed E-state index contributed by atoms with van der Waals surface area (Å²) in [5.74, 6) is 0.907. The standard InChI is InChI=1S/C18H19ClF3N3S/c1-12-10-25(9-8-23-12)16-7-6-14(18(20,21)22)17(24-16)26-11-13-4-2-3-5-15(13)19/h2-7,12,23H,8-11H2,1H3/t12-/m1/s1. The first-order valence-corrected chi connectivity index (χ1v) is 9.63. The van der Waals surface area contributed by atoms with Crippen LogP contribution in [0.1, 0.15) is 18.1 Å². The van der Waals surface area contributed by atoms with E-state index in [1.54, 1.807) is 12.1 Å². The van der Waals surface area contributed by atoms with Crippen LogP contribution in [0, 0.1) is 0 Å². The summed E-state index contributed by atoms with van der Waals surface area (Å²) in [7, 11) is 0. The summed E-state index contributed by atoms with van der Waals surface area (Å²) >= 11 is 7.18. The van der Waals surface area contributed by atoms with Crippen LogP contribution in [-0.4, -0.2) is 30.7 Å². The second-order valence-electron chi connectivity index (χ2n) is 6.20. The highest BCUT2D eigenvalue weighted by atomic mass is 35.5. The molecule has 1 aliphatic heterocycles. The Balaban J connectivity index is 1.87. The Bertz CT molecular complexity index is 770. The molecule has 3 rings (SSSR count). The van der Waals surface area contributed by atoms with E-state index in [1.807, 2.05) is 24.0 Å². The third-order valence-corrected chi connectivity index (χ3v) is 5.57. The molecular weight excluding hydrogens is 383 g/mol. The molecule has 2 heterocycles. The van der Waals surface area contributed by atoms with Gasteiger partial charge in [-0.3, -0.25) is 0 Å². The van der Waals surface area contributed by atoms with Gasteiger partial charge in [0, 0.05) is 36.5 Å². The third-order valence-electron chi connectivity index (χ3n) is 4.17. The summed E-state index contributed by atoms with van der Waals surface area (Å²) in [5.41, 5.74) is 0.0803. The second-order valence-corrected chi connectivity index (χ2v) is 7.57. The number of benzene rings is 1. The first-order chi connectivity index (χ1) is 12.3. The summed E-state index contributed by atoms with van der Waals surface area (Å²) < 4.78 is 40.2. The van der Waals surface area contributed by atoms with Crippen molar-refractivity contribution in [3.8, 4) is 0 Å². The van der Waals surface area contributed by atoms with E-state index < -0.39 is 11.7 Å². The lowest BCUT2D eigenvalue weighted by molar-refractivity contribution is -0.140. The summed E-state index contributed by atoms with van der Waals surface area (Å²) in [4.78, 5) is 6.35. The van der Waals surface area contributed by atoms with Crippen LogP contribution in [0.4, 0.5) is 19.0 Å². The van der Waals surface area contributed by atoms with Gasteiger partial charge in [0.1, 0.15) is 10.8 Å². The van der Waals surface area contributed by atoms with Gasteiger partial charge in [-0.2, -0.15) is 13.2 Å². The number of alkyl halides is 3. The topological polar surface area (TPSA) is 28.2 Å². The van der Waals surface area contributed by atoms with Crippen LogP contribution in [0.25, 0.3) is 0 Å². The van der Waals surface area contributed by atoms with Crippen molar-refractivity contribution < 1.29 is 13.2 Å². The number of nitrogens with one attached hydrogen (secondary N) is 1. The molecule has 0 aliphatic carbocycles. The molecule has 1 atom stereocenters. The van der Waals surface area contributed by atoms with Crippen LogP contribution in [0.2, 0.25) is 5.02 Å². The Kier molecular flexibility index (Phi) is 5.99. The van der Waals surface area contributed by atoms with Crippen LogP contribution >= 0.6 is 23.4 Å². The molecule has 140 valence electrons. The van der Waals surface area contributed by atoms with E-state index in [4.69, 9.17) is 11.6 Å². The van der Waals surface area contributed by atoms with Gasteiger partial charge in [0.15, 0.2) is 0 Å². The smallest absolute Gasteiger partial charge is 0.354 e. The maximum absolute atomic E-state index is 13.4. The molecule has 26 heavy (non-hydrogen) atoms. The lowest BCUT2D eigenvalue weighted by Crippen LogP contribution is -2.49. The van der Waals surface area contributed by atoms with Crippen molar-refractivity contribution in [2.75, 3.05) is 24.5 Å². The van der Waals surface area contributed by atoms with Crippen LogP contribution in [0.5, 0.6) is 0 Å². The van der Waals surface area contributed by atoms with E-state index in [1.165, 1.54) is 6.07 Å². The number of thioether (sulfide) groups is 1. The van der Waals surface area contributed by atoms with E-state index in [9.17, 15) is 13.2 Å². The third kappa shape index (κ3) is 4.64. The zero-order chi connectivity index (χ0) is 18.7. The van der Waals surface area contributed by atoms with Crippen molar-refractivity contribution in [3.63, 3.8) is 0 Å². The normalized spacial score (nSPS) is 18.2.